The molecule has 0 aliphatic carbocycles. The van der Waals surface area contributed by atoms with Gasteiger partial charge in [-0.1, -0.05) is 6.07 Å². The smallest absolute Gasteiger partial charge is 0.307 e. The standard InChI is InChI=1S/C15H20N2O4/c1-21-13-4-2-3-12(9-13)16-14(18)6-8-17-7-5-11(10-17)15(19)20/h2-4,9,11H,5-8,10H2,1H3,(H,16,18)(H,19,20). The minimum absolute atomic E-state index is 0.0815. The van der Waals surface area contributed by atoms with Gasteiger partial charge in [0.15, 0.2) is 0 Å². The van der Waals surface area contributed by atoms with Gasteiger partial charge in [-0.3, -0.25) is 9.59 Å². The van der Waals surface area contributed by atoms with Crippen LogP contribution in [0.4, 0.5) is 5.69 Å². The van der Waals surface area contributed by atoms with Crippen LogP contribution in [0.1, 0.15) is 12.8 Å². The molecule has 1 heterocycles. The lowest BCUT2D eigenvalue weighted by atomic mass is 10.1. The molecule has 1 atom stereocenters. The largest absolute Gasteiger partial charge is 0.497 e. The zero-order valence-electron chi connectivity index (χ0n) is 12.0. The summed E-state index contributed by atoms with van der Waals surface area (Å²) in [4.78, 5) is 24.8. The van der Waals surface area contributed by atoms with Crippen molar-refractivity contribution in [3.8, 4) is 5.75 Å². The molecule has 0 saturated carbocycles. The lowest BCUT2D eigenvalue weighted by Gasteiger charge is -2.14. The van der Waals surface area contributed by atoms with E-state index in [0.29, 0.717) is 37.4 Å². The number of carbonyl (C=O) groups excluding carboxylic acids is 1. The topological polar surface area (TPSA) is 78.9 Å². The molecule has 0 bridgehead atoms. The van der Waals surface area contributed by atoms with Crippen molar-refractivity contribution in [2.24, 2.45) is 5.92 Å². The number of likely N-dealkylation sites (tertiary alicyclic amines) is 1. The van der Waals surface area contributed by atoms with Gasteiger partial charge in [0, 0.05) is 31.3 Å². The fourth-order valence-corrected chi connectivity index (χ4v) is 2.42. The van der Waals surface area contributed by atoms with E-state index in [9.17, 15) is 9.59 Å². The lowest BCUT2D eigenvalue weighted by molar-refractivity contribution is -0.141. The molecule has 1 unspecified atom stereocenters. The van der Waals surface area contributed by atoms with E-state index in [4.69, 9.17) is 9.84 Å². The van der Waals surface area contributed by atoms with Crippen LogP contribution >= 0.6 is 0 Å². The van der Waals surface area contributed by atoms with Crippen LogP contribution in [0.5, 0.6) is 5.75 Å². The van der Waals surface area contributed by atoms with Crippen LogP contribution in [-0.2, 0) is 9.59 Å². The van der Waals surface area contributed by atoms with Crippen molar-refractivity contribution in [3.05, 3.63) is 24.3 Å². The highest BCUT2D eigenvalue weighted by atomic mass is 16.5. The zero-order chi connectivity index (χ0) is 15.2. The fraction of sp³-hybridized carbons (Fsp3) is 0.467. The average Bonchev–Trinajstić information content (AvgIpc) is 2.94. The second-order valence-corrected chi connectivity index (χ2v) is 5.15. The average molecular weight is 292 g/mol. The highest BCUT2D eigenvalue weighted by Crippen LogP contribution is 2.18. The Morgan fingerprint density at radius 2 is 2.29 bits per heavy atom. The minimum Gasteiger partial charge on any atom is -0.497 e. The number of carboxylic acid groups (broad SMARTS) is 1. The fourth-order valence-electron chi connectivity index (χ4n) is 2.42. The van der Waals surface area contributed by atoms with Crippen molar-refractivity contribution in [2.45, 2.75) is 12.8 Å². The van der Waals surface area contributed by atoms with Crippen LogP contribution in [0.2, 0.25) is 0 Å². The monoisotopic (exact) mass is 292 g/mol. The second kappa shape index (κ2) is 7.08. The molecule has 6 nitrogen and oxygen atoms in total. The molecule has 6 heteroatoms. The number of carbonyl (C=O) groups is 2. The van der Waals surface area contributed by atoms with Crippen LogP contribution in [-0.4, -0.2) is 48.6 Å². The maximum atomic E-state index is 11.9. The number of methoxy groups -OCH3 is 1. The van der Waals surface area contributed by atoms with E-state index in [0.717, 1.165) is 6.54 Å². The number of hydrogen-bond acceptors (Lipinski definition) is 4. The SMILES string of the molecule is COc1cccc(NC(=O)CCN2CCC(C(=O)O)C2)c1. The Hall–Kier alpha value is -2.08. The quantitative estimate of drug-likeness (QED) is 0.829. The molecule has 0 radical (unpaired) electrons. The van der Waals surface area contributed by atoms with Crippen molar-refractivity contribution in [3.63, 3.8) is 0 Å². The van der Waals surface area contributed by atoms with E-state index in [1.807, 2.05) is 17.0 Å². The molecule has 1 fully saturated rings. The number of carboxylic acids is 1. The lowest BCUT2D eigenvalue weighted by Crippen LogP contribution is -2.27. The molecule has 0 aromatic heterocycles. The molecule has 1 aliphatic heterocycles. The van der Waals surface area contributed by atoms with E-state index in [2.05, 4.69) is 5.32 Å². The molecule has 2 N–H and O–H groups in total. The molecular weight excluding hydrogens is 272 g/mol. The summed E-state index contributed by atoms with van der Waals surface area (Å²) in [5.74, 6) is -0.441. The maximum absolute atomic E-state index is 11.9. The van der Waals surface area contributed by atoms with E-state index in [-0.39, 0.29) is 11.8 Å². The number of ether oxygens (including phenoxy) is 1. The Bertz CT molecular complexity index is 518. The van der Waals surface area contributed by atoms with Gasteiger partial charge in [-0.15, -0.1) is 0 Å². The molecule has 21 heavy (non-hydrogen) atoms. The van der Waals surface area contributed by atoms with Crippen molar-refractivity contribution in [2.75, 3.05) is 32.1 Å². The van der Waals surface area contributed by atoms with Crippen molar-refractivity contribution in [1.82, 2.24) is 4.90 Å². The second-order valence-electron chi connectivity index (χ2n) is 5.15. The Morgan fingerprint density at radius 1 is 1.48 bits per heavy atom. The van der Waals surface area contributed by atoms with Crippen LogP contribution in [0.15, 0.2) is 24.3 Å². The van der Waals surface area contributed by atoms with Crippen LogP contribution in [0.25, 0.3) is 0 Å². The van der Waals surface area contributed by atoms with Gasteiger partial charge in [0.1, 0.15) is 5.75 Å². The van der Waals surface area contributed by atoms with Gasteiger partial charge >= 0.3 is 5.97 Å². The first-order valence-corrected chi connectivity index (χ1v) is 6.97. The van der Waals surface area contributed by atoms with Gasteiger partial charge in [-0.05, 0) is 25.1 Å². The summed E-state index contributed by atoms with van der Waals surface area (Å²) in [6.45, 7) is 1.85. The molecule has 114 valence electrons. The van der Waals surface area contributed by atoms with Gasteiger partial charge in [-0.25, -0.2) is 0 Å². The molecule has 1 aliphatic rings. The highest BCUT2D eigenvalue weighted by molar-refractivity contribution is 5.91. The molecule has 1 saturated heterocycles. The number of benzene rings is 1. The Kier molecular flexibility index (Phi) is 5.16. The molecule has 1 aromatic rings. The first-order valence-electron chi connectivity index (χ1n) is 6.97. The summed E-state index contributed by atoms with van der Waals surface area (Å²) in [7, 11) is 1.58. The normalized spacial score (nSPS) is 18.4. The van der Waals surface area contributed by atoms with E-state index in [1.54, 1.807) is 19.2 Å². The predicted octanol–water partition coefficient (Wildman–Crippen LogP) is 1.43. The number of amides is 1. The van der Waals surface area contributed by atoms with Crippen LogP contribution in [0, 0.1) is 5.92 Å². The third-order valence-electron chi connectivity index (χ3n) is 3.63. The predicted molar refractivity (Wildman–Crippen MR) is 78.4 cm³/mol. The summed E-state index contributed by atoms with van der Waals surface area (Å²) in [6.07, 6.45) is 1.01. The van der Waals surface area contributed by atoms with Gasteiger partial charge < -0.3 is 20.1 Å². The van der Waals surface area contributed by atoms with E-state index >= 15 is 0 Å². The zero-order valence-corrected chi connectivity index (χ0v) is 12.0. The van der Waals surface area contributed by atoms with Crippen molar-refractivity contribution >= 4 is 17.6 Å². The Morgan fingerprint density at radius 3 is 2.95 bits per heavy atom. The van der Waals surface area contributed by atoms with Crippen molar-refractivity contribution < 1.29 is 19.4 Å². The van der Waals surface area contributed by atoms with E-state index in [1.165, 1.54) is 0 Å². The molecule has 2 rings (SSSR count). The summed E-state index contributed by atoms with van der Waals surface area (Å²) in [5, 5.41) is 11.7. The summed E-state index contributed by atoms with van der Waals surface area (Å²) in [6, 6.07) is 7.18. The number of anilines is 1. The Balaban J connectivity index is 1.76. The number of rotatable bonds is 6. The summed E-state index contributed by atoms with van der Waals surface area (Å²) >= 11 is 0. The molecule has 1 aromatic carbocycles. The number of aliphatic carboxylic acids is 1. The first kappa shape index (κ1) is 15.3. The third kappa shape index (κ3) is 4.46. The Labute approximate surface area is 123 Å². The van der Waals surface area contributed by atoms with Gasteiger partial charge in [0.05, 0.1) is 13.0 Å². The summed E-state index contributed by atoms with van der Waals surface area (Å²) < 4.78 is 5.10. The molecule has 0 spiro atoms. The van der Waals surface area contributed by atoms with E-state index < -0.39 is 5.97 Å². The van der Waals surface area contributed by atoms with Crippen LogP contribution in [0.3, 0.4) is 0 Å². The molecule has 1 amide bonds. The maximum Gasteiger partial charge on any atom is 0.307 e. The summed E-state index contributed by atoms with van der Waals surface area (Å²) in [5.41, 5.74) is 0.698. The van der Waals surface area contributed by atoms with Gasteiger partial charge in [0.2, 0.25) is 5.91 Å². The van der Waals surface area contributed by atoms with Crippen LogP contribution < -0.4 is 10.1 Å². The molecular formula is C15H20N2O4. The highest BCUT2D eigenvalue weighted by Gasteiger charge is 2.27. The first-order chi connectivity index (χ1) is 10.1. The third-order valence-corrected chi connectivity index (χ3v) is 3.63. The van der Waals surface area contributed by atoms with Gasteiger partial charge in [0.25, 0.3) is 0 Å². The minimum atomic E-state index is -0.752. The van der Waals surface area contributed by atoms with Crippen molar-refractivity contribution in [1.29, 1.82) is 0 Å². The number of nitrogens with zero attached hydrogens (tertiary/aromatic N) is 1. The number of hydrogen-bond donors (Lipinski definition) is 2. The van der Waals surface area contributed by atoms with Gasteiger partial charge in [-0.2, -0.15) is 0 Å². The number of nitrogens with one attached hydrogen (secondary N) is 1.